The monoisotopic (exact) mass is 582 g/mol. The van der Waals surface area contributed by atoms with E-state index in [-0.39, 0.29) is 23.7 Å². The lowest BCUT2D eigenvalue weighted by atomic mass is 9.81. The van der Waals surface area contributed by atoms with Gasteiger partial charge in [0, 0.05) is 37.1 Å². The van der Waals surface area contributed by atoms with Gasteiger partial charge in [0.2, 0.25) is 5.91 Å². The molecule has 40 heavy (non-hydrogen) atoms. The number of carbonyl (C=O) groups excluding carboxylic acids is 2. The van der Waals surface area contributed by atoms with Crippen LogP contribution >= 0.6 is 22.7 Å². The Hall–Kier alpha value is -2.59. The number of hydrogen-bond donors (Lipinski definition) is 2. The minimum atomic E-state index is -0.540. The molecule has 1 saturated heterocycles. The maximum absolute atomic E-state index is 13.8. The third-order valence-corrected chi connectivity index (χ3v) is 10.1. The fourth-order valence-electron chi connectivity index (χ4n) is 6.22. The number of carbonyl (C=O) groups is 2. The highest BCUT2D eigenvalue weighted by Gasteiger charge is 2.39. The summed E-state index contributed by atoms with van der Waals surface area (Å²) < 4.78 is 13.6. The smallest absolute Gasteiger partial charge is 0.264 e. The van der Waals surface area contributed by atoms with Gasteiger partial charge in [0.1, 0.15) is 11.9 Å². The first-order valence-electron chi connectivity index (χ1n) is 14.3. The molecule has 0 bridgehead atoms. The highest BCUT2D eigenvalue weighted by molar-refractivity contribution is 7.12. The summed E-state index contributed by atoms with van der Waals surface area (Å²) in [6.07, 6.45) is 5.81. The highest BCUT2D eigenvalue weighted by atomic mass is 32.1. The average molecular weight is 583 g/mol. The van der Waals surface area contributed by atoms with Gasteiger partial charge in [-0.25, -0.2) is 4.39 Å². The predicted molar refractivity (Wildman–Crippen MR) is 160 cm³/mol. The Labute approximate surface area is 244 Å². The molecule has 2 aromatic heterocycles. The van der Waals surface area contributed by atoms with E-state index in [1.165, 1.54) is 34.8 Å². The molecule has 1 aliphatic carbocycles. The molecule has 3 unspecified atom stereocenters. The molecule has 1 aliphatic heterocycles. The summed E-state index contributed by atoms with van der Waals surface area (Å²) in [7, 11) is 0. The van der Waals surface area contributed by atoms with Crippen LogP contribution in [0.15, 0.2) is 59.3 Å². The Kier molecular flexibility index (Phi) is 10.0. The molecular weight excluding hydrogens is 543 g/mol. The third kappa shape index (κ3) is 7.37. The second kappa shape index (κ2) is 13.9. The number of piperidine rings is 1. The van der Waals surface area contributed by atoms with Gasteiger partial charge in [-0.3, -0.25) is 14.5 Å². The largest absolute Gasteiger partial charge is 0.354 e. The summed E-state index contributed by atoms with van der Waals surface area (Å²) in [5.41, 5.74) is 6.97. The molecule has 3 aromatic rings. The van der Waals surface area contributed by atoms with Crippen LogP contribution in [0.1, 0.15) is 58.6 Å². The summed E-state index contributed by atoms with van der Waals surface area (Å²) in [5.74, 6) is 0.575. The molecule has 3 heterocycles. The zero-order valence-electron chi connectivity index (χ0n) is 22.8. The van der Waals surface area contributed by atoms with Crippen LogP contribution in [0, 0.1) is 17.7 Å². The summed E-state index contributed by atoms with van der Waals surface area (Å²) in [6, 6.07) is 14.1. The molecule has 214 valence electrons. The number of benzene rings is 1. The molecule has 2 aliphatic rings. The normalized spacial score (nSPS) is 23.3. The Balaban J connectivity index is 1.33. The second-order valence-electron chi connectivity index (χ2n) is 11.2. The first-order valence-corrected chi connectivity index (χ1v) is 16.1. The van der Waals surface area contributed by atoms with Crippen LogP contribution in [0.5, 0.6) is 0 Å². The van der Waals surface area contributed by atoms with Crippen molar-refractivity contribution in [3.63, 3.8) is 0 Å². The molecule has 5 rings (SSSR count). The van der Waals surface area contributed by atoms with Crippen molar-refractivity contribution >= 4 is 34.5 Å². The van der Waals surface area contributed by atoms with Crippen molar-refractivity contribution in [3.8, 4) is 0 Å². The standard InChI is InChI=1S/C31H39FN4O2S2/c32-25-10-8-22(9-11-25)20-35(21-27-6-2-14-39-27)26-12-13-36(31(38)29-7-3-15-40-29)28(17-26)30(37)34-19-24-5-1-4-23(16-24)18-33/h2-3,6-11,14-15,23-24,26,28H,1,4-5,12-13,16-21,33H2,(H,34,37)/t23?,24?,26?,28-/m1/s1. The van der Waals surface area contributed by atoms with Gasteiger partial charge < -0.3 is 16.0 Å². The number of thiophene rings is 2. The first kappa shape index (κ1) is 28.9. The lowest BCUT2D eigenvalue weighted by Gasteiger charge is -2.43. The number of rotatable bonds is 10. The van der Waals surface area contributed by atoms with Crippen molar-refractivity contribution < 1.29 is 14.0 Å². The van der Waals surface area contributed by atoms with Gasteiger partial charge >= 0.3 is 0 Å². The van der Waals surface area contributed by atoms with Crippen LogP contribution in [0.25, 0.3) is 0 Å². The van der Waals surface area contributed by atoms with Crippen LogP contribution in [0.4, 0.5) is 4.39 Å². The van der Waals surface area contributed by atoms with E-state index < -0.39 is 6.04 Å². The lowest BCUT2D eigenvalue weighted by molar-refractivity contribution is -0.128. The Morgan fingerprint density at radius 3 is 2.48 bits per heavy atom. The van der Waals surface area contributed by atoms with E-state index >= 15 is 0 Å². The summed E-state index contributed by atoms with van der Waals surface area (Å²) in [4.78, 5) is 33.4. The van der Waals surface area contributed by atoms with Crippen molar-refractivity contribution in [1.82, 2.24) is 15.1 Å². The van der Waals surface area contributed by atoms with E-state index in [1.807, 2.05) is 29.6 Å². The van der Waals surface area contributed by atoms with E-state index in [2.05, 4.69) is 27.7 Å². The number of nitrogens with zero attached hydrogens (tertiary/aromatic N) is 2. The molecule has 1 saturated carbocycles. The van der Waals surface area contributed by atoms with Crippen molar-refractivity contribution in [3.05, 3.63) is 80.4 Å². The fourth-order valence-corrected chi connectivity index (χ4v) is 7.63. The first-order chi connectivity index (χ1) is 19.5. The minimum Gasteiger partial charge on any atom is -0.354 e. The van der Waals surface area contributed by atoms with Crippen LogP contribution < -0.4 is 11.1 Å². The van der Waals surface area contributed by atoms with Gasteiger partial charge in [-0.05, 0) is 91.1 Å². The van der Waals surface area contributed by atoms with E-state index in [4.69, 9.17) is 5.73 Å². The number of likely N-dealkylation sites (tertiary alicyclic amines) is 1. The summed E-state index contributed by atoms with van der Waals surface area (Å²) in [5, 5.41) is 7.20. The number of nitrogens with one attached hydrogen (secondary N) is 1. The van der Waals surface area contributed by atoms with Gasteiger partial charge in [0.15, 0.2) is 0 Å². The van der Waals surface area contributed by atoms with Crippen LogP contribution in [0.3, 0.4) is 0 Å². The number of amides is 2. The Morgan fingerprint density at radius 2 is 1.75 bits per heavy atom. The molecule has 4 atom stereocenters. The van der Waals surface area contributed by atoms with Gasteiger partial charge in [0.05, 0.1) is 4.88 Å². The molecule has 0 radical (unpaired) electrons. The summed E-state index contributed by atoms with van der Waals surface area (Å²) >= 11 is 3.13. The molecule has 2 amide bonds. The zero-order valence-corrected chi connectivity index (χ0v) is 24.5. The quantitative estimate of drug-likeness (QED) is 0.331. The van der Waals surface area contributed by atoms with E-state index in [0.717, 1.165) is 37.8 Å². The molecule has 3 N–H and O–H groups in total. The lowest BCUT2D eigenvalue weighted by Crippen LogP contribution is -2.57. The Bertz CT molecular complexity index is 1220. The summed E-state index contributed by atoms with van der Waals surface area (Å²) in [6.45, 7) is 3.24. The number of hydrogen-bond acceptors (Lipinski definition) is 6. The van der Waals surface area contributed by atoms with Crippen LogP contribution in [-0.4, -0.2) is 53.3 Å². The Morgan fingerprint density at radius 1 is 0.975 bits per heavy atom. The molecule has 9 heteroatoms. The maximum Gasteiger partial charge on any atom is 0.264 e. The third-order valence-electron chi connectivity index (χ3n) is 8.41. The molecule has 1 aromatic carbocycles. The topological polar surface area (TPSA) is 78.7 Å². The number of nitrogens with two attached hydrogens (primary N) is 1. The van der Waals surface area contributed by atoms with Crippen molar-refractivity contribution in [2.24, 2.45) is 17.6 Å². The van der Waals surface area contributed by atoms with E-state index in [0.29, 0.717) is 49.3 Å². The van der Waals surface area contributed by atoms with Gasteiger partial charge in [-0.2, -0.15) is 0 Å². The average Bonchev–Trinajstić information content (AvgIpc) is 3.71. The van der Waals surface area contributed by atoms with Crippen LogP contribution in [0.2, 0.25) is 0 Å². The number of halogens is 1. The van der Waals surface area contributed by atoms with Crippen molar-refractivity contribution in [2.45, 2.75) is 63.7 Å². The maximum atomic E-state index is 13.8. The van der Waals surface area contributed by atoms with Gasteiger partial charge in [-0.1, -0.05) is 30.7 Å². The molecule has 2 fully saturated rings. The highest BCUT2D eigenvalue weighted by Crippen LogP contribution is 2.30. The molecular formula is C31H39FN4O2S2. The van der Waals surface area contributed by atoms with E-state index in [1.54, 1.807) is 16.2 Å². The second-order valence-corrected chi connectivity index (χ2v) is 13.1. The molecule has 6 nitrogen and oxygen atoms in total. The SMILES string of the molecule is NCC1CCCC(CNC(=O)[C@H]2CC(N(Cc3ccc(F)cc3)Cc3cccs3)CCN2C(=O)c2cccs2)C1. The fraction of sp³-hybridized carbons (Fsp3) is 0.484. The molecule has 0 spiro atoms. The van der Waals surface area contributed by atoms with E-state index in [9.17, 15) is 14.0 Å². The van der Waals surface area contributed by atoms with Crippen molar-refractivity contribution in [2.75, 3.05) is 19.6 Å². The van der Waals surface area contributed by atoms with Crippen LogP contribution in [-0.2, 0) is 17.9 Å². The van der Waals surface area contributed by atoms with Gasteiger partial charge in [-0.15, -0.1) is 22.7 Å². The van der Waals surface area contributed by atoms with Crippen molar-refractivity contribution in [1.29, 1.82) is 0 Å². The minimum absolute atomic E-state index is 0.0673. The zero-order chi connectivity index (χ0) is 27.9. The van der Waals surface area contributed by atoms with Gasteiger partial charge in [0.25, 0.3) is 5.91 Å². The predicted octanol–water partition coefficient (Wildman–Crippen LogP) is 5.51.